The van der Waals surface area contributed by atoms with E-state index >= 15 is 0 Å². The number of sulfonamides is 1. The van der Waals surface area contributed by atoms with Gasteiger partial charge in [-0.2, -0.15) is 0 Å². The van der Waals surface area contributed by atoms with E-state index in [0.717, 1.165) is 5.56 Å². The lowest BCUT2D eigenvalue weighted by molar-refractivity contribution is 0.0523. The highest BCUT2D eigenvalue weighted by Gasteiger charge is 2.20. The highest BCUT2D eigenvalue weighted by Crippen LogP contribution is 2.23. The van der Waals surface area contributed by atoms with Gasteiger partial charge in [-0.15, -0.1) is 0 Å². The Kier molecular flexibility index (Phi) is 6.44. The highest BCUT2D eigenvalue weighted by molar-refractivity contribution is 7.92. The van der Waals surface area contributed by atoms with Gasteiger partial charge in [0.1, 0.15) is 5.60 Å². The summed E-state index contributed by atoms with van der Waals surface area (Å²) >= 11 is 0. The normalized spacial score (nSPS) is 11.9. The standard InChI is InChI=1S/C16H26N2O4S/c1-6-11-18(23(5,20)21)14-10-8-7-9-13(14)12-17-15(19)22-16(2,3)4/h7-10H,6,11-12H2,1-5H3,(H,17,19). The average molecular weight is 342 g/mol. The Labute approximate surface area is 138 Å². The molecule has 0 aliphatic heterocycles. The molecule has 1 aromatic carbocycles. The fourth-order valence-corrected chi connectivity index (χ4v) is 3.10. The number of amides is 1. The van der Waals surface area contributed by atoms with Crippen molar-refractivity contribution in [2.75, 3.05) is 17.1 Å². The summed E-state index contributed by atoms with van der Waals surface area (Å²) in [4.78, 5) is 11.8. The summed E-state index contributed by atoms with van der Waals surface area (Å²) in [7, 11) is -3.38. The molecule has 1 amide bonds. The molecule has 0 radical (unpaired) electrons. The molecule has 0 saturated heterocycles. The first kappa shape index (κ1) is 19.3. The van der Waals surface area contributed by atoms with Crippen LogP contribution in [-0.4, -0.2) is 32.9 Å². The second-order valence-corrected chi connectivity index (χ2v) is 8.23. The summed E-state index contributed by atoms with van der Waals surface area (Å²) in [5, 5.41) is 2.66. The summed E-state index contributed by atoms with van der Waals surface area (Å²) in [5.41, 5.74) is 0.718. The van der Waals surface area contributed by atoms with Crippen molar-refractivity contribution >= 4 is 21.8 Å². The van der Waals surface area contributed by atoms with Gasteiger partial charge in [0.2, 0.25) is 10.0 Å². The van der Waals surface area contributed by atoms with Gasteiger partial charge in [-0.3, -0.25) is 4.31 Å². The smallest absolute Gasteiger partial charge is 0.407 e. The van der Waals surface area contributed by atoms with Crippen molar-refractivity contribution in [3.63, 3.8) is 0 Å². The minimum Gasteiger partial charge on any atom is -0.444 e. The van der Waals surface area contributed by atoms with Crippen molar-refractivity contribution in [3.05, 3.63) is 29.8 Å². The third-order valence-corrected chi connectivity index (χ3v) is 4.09. The van der Waals surface area contributed by atoms with Gasteiger partial charge in [-0.25, -0.2) is 13.2 Å². The second kappa shape index (κ2) is 7.68. The molecule has 0 spiro atoms. The lowest BCUT2D eigenvalue weighted by Crippen LogP contribution is -2.34. The molecule has 130 valence electrons. The number of ether oxygens (including phenoxy) is 1. The first-order valence-electron chi connectivity index (χ1n) is 7.57. The van der Waals surface area contributed by atoms with Gasteiger partial charge in [0.25, 0.3) is 0 Å². The van der Waals surface area contributed by atoms with Crippen molar-refractivity contribution < 1.29 is 17.9 Å². The minimum atomic E-state index is -3.38. The van der Waals surface area contributed by atoms with E-state index in [9.17, 15) is 13.2 Å². The van der Waals surface area contributed by atoms with E-state index in [1.807, 2.05) is 13.0 Å². The van der Waals surface area contributed by atoms with Crippen LogP contribution in [0, 0.1) is 0 Å². The zero-order chi connectivity index (χ0) is 17.7. The number of alkyl carbamates (subject to hydrolysis) is 1. The van der Waals surface area contributed by atoms with Crippen molar-refractivity contribution in [2.24, 2.45) is 0 Å². The number of para-hydroxylation sites is 1. The van der Waals surface area contributed by atoms with Crippen LogP contribution in [0.25, 0.3) is 0 Å². The summed E-state index contributed by atoms with van der Waals surface area (Å²) in [5.74, 6) is 0. The van der Waals surface area contributed by atoms with E-state index < -0.39 is 21.7 Å². The molecule has 6 nitrogen and oxygen atoms in total. The van der Waals surface area contributed by atoms with E-state index in [4.69, 9.17) is 4.74 Å². The number of benzene rings is 1. The zero-order valence-electron chi connectivity index (χ0n) is 14.4. The van der Waals surface area contributed by atoms with Gasteiger partial charge in [0.15, 0.2) is 0 Å². The fraction of sp³-hybridized carbons (Fsp3) is 0.562. The van der Waals surface area contributed by atoms with Crippen LogP contribution in [0.4, 0.5) is 10.5 Å². The van der Waals surface area contributed by atoms with Gasteiger partial charge >= 0.3 is 6.09 Å². The number of nitrogens with one attached hydrogen (secondary N) is 1. The molecule has 1 aromatic rings. The van der Waals surface area contributed by atoms with E-state index in [2.05, 4.69) is 5.32 Å². The van der Waals surface area contributed by atoms with Crippen molar-refractivity contribution in [3.8, 4) is 0 Å². The number of hydrogen-bond acceptors (Lipinski definition) is 4. The van der Waals surface area contributed by atoms with Gasteiger partial charge in [-0.1, -0.05) is 25.1 Å². The van der Waals surface area contributed by atoms with Gasteiger partial charge in [0, 0.05) is 13.1 Å². The van der Waals surface area contributed by atoms with Crippen molar-refractivity contribution in [1.29, 1.82) is 0 Å². The van der Waals surface area contributed by atoms with Gasteiger partial charge in [-0.05, 0) is 38.8 Å². The third kappa shape index (κ3) is 6.48. The first-order valence-corrected chi connectivity index (χ1v) is 9.42. The molecule has 0 heterocycles. The molecule has 1 N–H and O–H groups in total. The lowest BCUT2D eigenvalue weighted by atomic mass is 10.1. The topological polar surface area (TPSA) is 75.7 Å². The lowest BCUT2D eigenvalue weighted by Gasteiger charge is -2.25. The summed E-state index contributed by atoms with van der Waals surface area (Å²) in [6.07, 6.45) is 1.34. The van der Waals surface area contributed by atoms with Crippen LogP contribution >= 0.6 is 0 Å². The quantitative estimate of drug-likeness (QED) is 0.862. The largest absolute Gasteiger partial charge is 0.444 e. The number of carbonyl (C=O) groups is 1. The SMILES string of the molecule is CCCN(c1ccccc1CNC(=O)OC(C)(C)C)S(C)(=O)=O. The third-order valence-electron chi connectivity index (χ3n) is 2.91. The van der Waals surface area contributed by atoms with Crippen LogP contribution in [0.3, 0.4) is 0 Å². The van der Waals surface area contributed by atoms with Crippen LogP contribution in [0.1, 0.15) is 39.7 Å². The maximum Gasteiger partial charge on any atom is 0.407 e. The highest BCUT2D eigenvalue weighted by atomic mass is 32.2. The fourth-order valence-electron chi connectivity index (χ4n) is 2.05. The molecule has 0 aliphatic rings. The van der Waals surface area contributed by atoms with E-state index in [1.54, 1.807) is 39.0 Å². The molecule has 0 fully saturated rings. The number of nitrogens with zero attached hydrogens (tertiary/aromatic N) is 1. The van der Waals surface area contributed by atoms with Crippen molar-refractivity contribution in [2.45, 2.75) is 46.3 Å². The molecule has 0 atom stereocenters. The Morgan fingerprint density at radius 3 is 2.39 bits per heavy atom. The molecular formula is C16H26N2O4S. The van der Waals surface area contributed by atoms with E-state index in [1.165, 1.54) is 10.6 Å². The number of anilines is 1. The van der Waals surface area contributed by atoms with Crippen molar-refractivity contribution in [1.82, 2.24) is 5.32 Å². The average Bonchev–Trinajstić information content (AvgIpc) is 2.40. The maximum absolute atomic E-state index is 12.0. The second-order valence-electron chi connectivity index (χ2n) is 6.32. The van der Waals surface area contributed by atoms with Crippen LogP contribution in [-0.2, 0) is 21.3 Å². The predicted octanol–water partition coefficient (Wildman–Crippen LogP) is 2.89. The molecule has 23 heavy (non-hydrogen) atoms. The Morgan fingerprint density at radius 1 is 1.26 bits per heavy atom. The molecule has 0 aromatic heterocycles. The first-order chi connectivity index (χ1) is 10.5. The summed E-state index contributed by atoms with van der Waals surface area (Å²) < 4.78 is 30.6. The number of carbonyl (C=O) groups excluding carboxylic acids is 1. The van der Waals surface area contributed by atoms with Crippen LogP contribution in [0.2, 0.25) is 0 Å². The van der Waals surface area contributed by atoms with Gasteiger partial charge < -0.3 is 10.1 Å². The Morgan fingerprint density at radius 2 is 1.87 bits per heavy atom. The molecule has 0 unspecified atom stereocenters. The zero-order valence-corrected chi connectivity index (χ0v) is 15.2. The Balaban J connectivity index is 2.95. The summed E-state index contributed by atoms with van der Waals surface area (Å²) in [6, 6.07) is 7.12. The molecule has 0 aliphatic carbocycles. The number of hydrogen-bond donors (Lipinski definition) is 1. The Bertz CT molecular complexity index is 636. The molecular weight excluding hydrogens is 316 g/mol. The van der Waals surface area contributed by atoms with Crippen LogP contribution in [0.5, 0.6) is 0 Å². The molecule has 7 heteroatoms. The monoisotopic (exact) mass is 342 g/mol. The minimum absolute atomic E-state index is 0.195. The van der Waals surface area contributed by atoms with Crippen LogP contribution < -0.4 is 9.62 Å². The number of rotatable bonds is 6. The van der Waals surface area contributed by atoms with Gasteiger partial charge in [0.05, 0.1) is 11.9 Å². The summed E-state index contributed by atoms with van der Waals surface area (Å²) in [6.45, 7) is 7.86. The Hall–Kier alpha value is -1.76. The predicted molar refractivity (Wildman–Crippen MR) is 92.0 cm³/mol. The molecule has 0 bridgehead atoms. The van der Waals surface area contributed by atoms with E-state index in [0.29, 0.717) is 18.7 Å². The van der Waals surface area contributed by atoms with Crippen LogP contribution in [0.15, 0.2) is 24.3 Å². The van der Waals surface area contributed by atoms with E-state index in [-0.39, 0.29) is 6.54 Å². The molecule has 1 rings (SSSR count). The molecule has 0 saturated carbocycles. The maximum atomic E-state index is 12.0.